The number of alkyl carbamates (subject to hydrolysis) is 1. The summed E-state index contributed by atoms with van der Waals surface area (Å²) in [5.74, 6) is -0.110. The summed E-state index contributed by atoms with van der Waals surface area (Å²) < 4.78 is 10.7. The zero-order valence-corrected chi connectivity index (χ0v) is 20.3. The molecular formula is C24H30ClN3O5. The number of halogens is 1. The van der Waals surface area contributed by atoms with E-state index in [2.05, 4.69) is 16.0 Å². The predicted molar refractivity (Wildman–Crippen MR) is 128 cm³/mol. The van der Waals surface area contributed by atoms with E-state index in [1.807, 2.05) is 19.9 Å². The summed E-state index contributed by atoms with van der Waals surface area (Å²) in [4.78, 5) is 35.8. The Morgan fingerprint density at radius 3 is 2.27 bits per heavy atom. The fraction of sp³-hybridized carbons (Fsp3) is 0.375. The first-order chi connectivity index (χ1) is 15.4. The molecule has 9 heteroatoms. The third-order valence-electron chi connectivity index (χ3n) is 4.27. The number of nitrogens with one attached hydrogen (secondary N) is 3. The fourth-order valence-corrected chi connectivity index (χ4v) is 2.93. The number of amides is 3. The van der Waals surface area contributed by atoms with Crippen molar-refractivity contribution in [3.8, 4) is 5.75 Å². The van der Waals surface area contributed by atoms with Gasteiger partial charge in [-0.05, 0) is 75.6 Å². The Morgan fingerprint density at radius 1 is 0.970 bits per heavy atom. The summed E-state index contributed by atoms with van der Waals surface area (Å²) in [5, 5.41) is 8.54. The molecule has 0 bridgehead atoms. The highest BCUT2D eigenvalue weighted by Gasteiger charge is 2.16. The Balaban J connectivity index is 1.80. The monoisotopic (exact) mass is 475 g/mol. The van der Waals surface area contributed by atoms with Crippen LogP contribution in [0.25, 0.3) is 0 Å². The second-order valence-corrected chi connectivity index (χ2v) is 8.92. The minimum Gasteiger partial charge on any atom is -0.484 e. The van der Waals surface area contributed by atoms with Crippen LogP contribution in [0.5, 0.6) is 5.75 Å². The van der Waals surface area contributed by atoms with Gasteiger partial charge >= 0.3 is 6.09 Å². The van der Waals surface area contributed by atoms with Gasteiger partial charge in [0.05, 0.1) is 0 Å². The lowest BCUT2D eigenvalue weighted by Gasteiger charge is -2.19. The number of carbonyl (C=O) groups excluding carboxylic acids is 3. The quantitative estimate of drug-likeness (QED) is 0.532. The molecule has 3 amide bonds. The van der Waals surface area contributed by atoms with E-state index >= 15 is 0 Å². The number of ether oxygens (including phenoxy) is 2. The minimum atomic E-state index is -0.659. The molecule has 2 rings (SSSR count). The number of rotatable bonds is 8. The lowest BCUT2D eigenvalue weighted by atomic mass is 10.1. The molecule has 0 aliphatic carbocycles. The molecule has 0 unspecified atom stereocenters. The van der Waals surface area contributed by atoms with E-state index in [1.165, 1.54) is 0 Å². The van der Waals surface area contributed by atoms with Crippen LogP contribution in [0, 0.1) is 13.8 Å². The molecule has 0 aromatic heterocycles. The van der Waals surface area contributed by atoms with Gasteiger partial charge in [-0.1, -0.05) is 23.7 Å². The van der Waals surface area contributed by atoms with Gasteiger partial charge in [-0.2, -0.15) is 0 Å². The topological polar surface area (TPSA) is 106 Å². The van der Waals surface area contributed by atoms with Crippen LogP contribution in [-0.2, 0) is 20.9 Å². The minimum absolute atomic E-state index is 0.155. The van der Waals surface area contributed by atoms with Crippen LogP contribution in [0.2, 0.25) is 5.02 Å². The summed E-state index contributed by atoms with van der Waals surface area (Å²) in [6.45, 7) is 8.85. The summed E-state index contributed by atoms with van der Waals surface area (Å²) in [7, 11) is 0. The third kappa shape index (κ3) is 9.41. The van der Waals surface area contributed by atoms with E-state index in [1.54, 1.807) is 51.1 Å². The standard InChI is InChI=1S/C24H30ClN3O5/c1-15-9-19(10-16(2)22(15)25)32-14-21(30)28-18-8-6-7-17(11-18)12-26-20(29)13-27-23(31)33-24(3,4)5/h6-11H,12-14H2,1-5H3,(H,26,29)(H,27,31)(H,28,30). The van der Waals surface area contributed by atoms with Gasteiger partial charge in [0.25, 0.3) is 5.91 Å². The van der Waals surface area contributed by atoms with Gasteiger partial charge in [-0.3, -0.25) is 9.59 Å². The Kier molecular flexibility index (Phi) is 9.11. The Labute approximate surface area is 199 Å². The highest BCUT2D eigenvalue weighted by atomic mass is 35.5. The van der Waals surface area contributed by atoms with E-state index in [0.29, 0.717) is 16.5 Å². The maximum atomic E-state index is 12.3. The van der Waals surface area contributed by atoms with Crippen LogP contribution < -0.4 is 20.7 Å². The Morgan fingerprint density at radius 2 is 1.64 bits per heavy atom. The molecular weight excluding hydrogens is 446 g/mol. The largest absolute Gasteiger partial charge is 0.484 e. The molecule has 0 saturated heterocycles. The van der Waals surface area contributed by atoms with Gasteiger partial charge in [0, 0.05) is 17.3 Å². The average Bonchev–Trinajstić information content (AvgIpc) is 2.72. The van der Waals surface area contributed by atoms with Crippen LogP contribution in [0.3, 0.4) is 0 Å². The molecule has 0 radical (unpaired) electrons. The van der Waals surface area contributed by atoms with E-state index in [9.17, 15) is 14.4 Å². The number of hydrogen-bond donors (Lipinski definition) is 3. The van der Waals surface area contributed by atoms with E-state index in [4.69, 9.17) is 21.1 Å². The van der Waals surface area contributed by atoms with Crippen molar-refractivity contribution in [2.75, 3.05) is 18.5 Å². The normalized spacial score (nSPS) is 10.8. The van der Waals surface area contributed by atoms with Crippen molar-refractivity contribution < 1.29 is 23.9 Å². The van der Waals surface area contributed by atoms with E-state index in [-0.39, 0.29) is 31.5 Å². The van der Waals surface area contributed by atoms with Gasteiger partial charge in [-0.25, -0.2) is 4.79 Å². The Bertz CT molecular complexity index is 994. The van der Waals surface area contributed by atoms with Crippen molar-refractivity contribution in [2.24, 2.45) is 0 Å². The first-order valence-corrected chi connectivity index (χ1v) is 10.8. The van der Waals surface area contributed by atoms with Crippen LogP contribution >= 0.6 is 11.6 Å². The van der Waals surface area contributed by atoms with Crippen LogP contribution in [0.1, 0.15) is 37.5 Å². The highest BCUT2D eigenvalue weighted by Crippen LogP contribution is 2.25. The number of aryl methyl sites for hydroxylation is 2. The van der Waals surface area contributed by atoms with Gasteiger partial charge in [0.15, 0.2) is 6.61 Å². The number of anilines is 1. The highest BCUT2D eigenvalue weighted by molar-refractivity contribution is 6.32. The molecule has 0 fully saturated rings. The van der Waals surface area contributed by atoms with E-state index < -0.39 is 11.7 Å². The van der Waals surface area contributed by atoms with Crippen LogP contribution in [-0.4, -0.2) is 36.7 Å². The smallest absolute Gasteiger partial charge is 0.408 e. The van der Waals surface area contributed by atoms with Crippen molar-refractivity contribution in [2.45, 2.75) is 46.8 Å². The summed E-state index contributed by atoms with van der Waals surface area (Å²) in [6, 6.07) is 10.6. The van der Waals surface area contributed by atoms with Gasteiger partial charge in [-0.15, -0.1) is 0 Å². The number of carbonyl (C=O) groups is 3. The predicted octanol–water partition coefficient (Wildman–Crippen LogP) is 4.12. The number of hydrogen-bond acceptors (Lipinski definition) is 5. The SMILES string of the molecule is Cc1cc(OCC(=O)Nc2cccc(CNC(=O)CNC(=O)OC(C)(C)C)c2)cc(C)c1Cl. The van der Waals surface area contributed by atoms with Crippen molar-refractivity contribution in [1.29, 1.82) is 0 Å². The number of benzene rings is 2. The second-order valence-electron chi connectivity index (χ2n) is 8.54. The molecule has 0 atom stereocenters. The zero-order valence-electron chi connectivity index (χ0n) is 19.5. The van der Waals surface area contributed by atoms with Crippen molar-refractivity contribution >= 4 is 35.2 Å². The maximum Gasteiger partial charge on any atom is 0.408 e. The lowest BCUT2D eigenvalue weighted by molar-refractivity contribution is -0.120. The van der Waals surface area contributed by atoms with E-state index in [0.717, 1.165) is 16.7 Å². The second kappa shape index (κ2) is 11.6. The molecule has 0 heterocycles. The van der Waals surface area contributed by atoms with Crippen molar-refractivity contribution in [3.05, 3.63) is 58.1 Å². The summed E-state index contributed by atoms with van der Waals surface area (Å²) >= 11 is 6.15. The fourth-order valence-electron chi connectivity index (χ4n) is 2.82. The van der Waals surface area contributed by atoms with Crippen LogP contribution in [0.15, 0.2) is 36.4 Å². The molecule has 33 heavy (non-hydrogen) atoms. The zero-order chi connectivity index (χ0) is 24.6. The molecule has 178 valence electrons. The van der Waals surface area contributed by atoms with Gasteiger partial charge in [0.1, 0.15) is 17.9 Å². The molecule has 0 aliphatic rings. The average molecular weight is 476 g/mol. The van der Waals surface area contributed by atoms with Crippen LogP contribution in [0.4, 0.5) is 10.5 Å². The van der Waals surface area contributed by atoms with Crippen molar-refractivity contribution in [1.82, 2.24) is 10.6 Å². The molecule has 0 spiro atoms. The molecule has 0 aliphatic heterocycles. The van der Waals surface area contributed by atoms with Gasteiger partial charge in [0.2, 0.25) is 5.91 Å². The summed E-state index contributed by atoms with van der Waals surface area (Å²) in [6.07, 6.45) is -0.659. The molecule has 3 N–H and O–H groups in total. The molecule has 2 aromatic rings. The maximum absolute atomic E-state index is 12.3. The van der Waals surface area contributed by atoms with Gasteiger partial charge < -0.3 is 25.4 Å². The first-order valence-electron chi connectivity index (χ1n) is 10.4. The summed E-state index contributed by atoms with van der Waals surface area (Å²) in [5.41, 5.74) is 2.48. The first kappa shape index (κ1) is 26.0. The molecule has 2 aromatic carbocycles. The van der Waals surface area contributed by atoms with Crippen molar-refractivity contribution in [3.63, 3.8) is 0 Å². The third-order valence-corrected chi connectivity index (χ3v) is 4.87. The Hall–Kier alpha value is -3.26. The molecule has 8 nitrogen and oxygen atoms in total. The molecule has 0 saturated carbocycles. The lowest BCUT2D eigenvalue weighted by Crippen LogP contribution is -2.39.